The van der Waals surface area contributed by atoms with Crippen molar-refractivity contribution in [3.8, 4) is 6.07 Å². The number of nitrogens with zero attached hydrogens (tertiary/aromatic N) is 4. The van der Waals surface area contributed by atoms with Gasteiger partial charge in [0.1, 0.15) is 11.9 Å². The molecule has 1 aliphatic rings. The molecule has 0 radical (unpaired) electrons. The SMILES string of the molecule is Cc1cc(N2CC[C@H](C)C2)n2c(nc3ccccc32)c1C#N. The van der Waals surface area contributed by atoms with E-state index in [1.807, 2.05) is 25.1 Å². The summed E-state index contributed by atoms with van der Waals surface area (Å²) in [6.07, 6.45) is 1.22. The summed E-state index contributed by atoms with van der Waals surface area (Å²) >= 11 is 0. The van der Waals surface area contributed by atoms with Crippen molar-refractivity contribution in [3.05, 3.63) is 41.5 Å². The number of hydrogen-bond donors (Lipinski definition) is 0. The minimum Gasteiger partial charge on any atom is -0.357 e. The standard InChI is InChI=1S/C18H18N4/c1-12-7-8-21(11-12)17-9-13(2)14(10-19)18-20-15-5-3-4-6-16(15)22(17)18/h3-6,9,12H,7-8,11H2,1-2H3/t12-/m0/s1. The van der Waals surface area contributed by atoms with Gasteiger partial charge >= 0.3 is 0 Å². The van der Waals surface area contributed by atoms with Crippen molar-refractivity contribution in [2.24, 2.45) is 5.92 Å². The molecule has 4 heteroatoms. The Hall–Kier alpha value is -2.54. The lowest BCUT2D eigenvalue weighted by Crippen LogP contribution is -2.22. The highest BCUT2D eigenvalue weighted by Gasteiger charge is 2.23. The van der Waals surface area contributed by atoms with Crippen LogP contribution in [0.1, 0.15) is 24.5 Å². The Morgan fingerprint density at radius 1 is 1.32 bits per heavy atom. The average molecular weight is 290 g/mol. The molecule has 0 unspecified atom stereocenters. The molecule has 22 heavy (non-hydrogen) atoms. The number of fused-ring (bicyclic) bond motifs is 3. The smallest absolute Gasteiger partial charge is 0.157 e. The van der Waals surface area contributed by atoms with Gasteiger partial charge in [0.25, 0.3) is 0 Å². The first-order valence-corrected chi connectivity index (χ1v) is 7.75. The molecule has 0 spiro atoms. The maximum atomic E-state index is 9.52. The number of pyridine rings is 1. The zero-order valence-corrected chi connectivity index (χ0v) is 12.9. The van der Waals surface area contributed by atoms with Crippen molar-refractivity contribution < 1.29 is 0 Å². The number of aromatic nitrogens is 2. The van der Waals surface area contributed by atoms with Crippen molar-refractivity contribution in [2.45, 2.75) is 20.3 Å². The van der Waals surface area contributed by atoms with E-state index in [1.165, 1.54) is 6.42 Å². The van der Waals surface area contributed by atoms with Crippen LogP contribution >= 0.6 is 0 Å². The fourth-order valence-electron chi connectivity index (χ4n) is 3.45. The van der Waals surface area contributed by atoms with Crippen LogP contribution < -0.4 is 4.90 Å². The van der Waals surface area contributed by atoms with Crippen molar-refractivity contribution in [2.75, 3.05) is 18.0 Å². The highest BCUT2D eigenvalue weighted by Crippen LogP contribution is 2.31. The topological polar surface area (TPSA) is 44.3 Å². The van der Waals surface area contributed by atoms with Crippen LogP contribution in [0, 0.1) is 24.2 Å². The molecule has 0 aliphatic carbocycles. The Balaban J connectivity index is 2.10. The van der Waals surface area contributed by atoms with Gasteiger partial charge < -0.3 is 4.90 Å². The minimum absolute atomic E-state index is 0.673. The molecule has 3 aromatic rings. The first kappa shape index (κ1) is 13.1. The highest BCUT2D eigenvalue weighted by molar-refractivity contribution is 5.85. The van der Waals surface area contributed by atoms with E-state index in [-0.39, 0.29) is 0 Å². The third-order valence-corrected chi connectivity index (χ3v) is 4.61. The summed E-state index contributed by atoms with van der Waals surface area (Å²) < 4.78 is 2.15. The fraction of sp³-hybridized carbons (Fsp3) is 0.333. The molecule has 1 aromatic carbocycles. The van der Waals surface area contributed by atoms with E-state index in [9.17, 15) is 5.26 Å². The first-order valence-electron chi connectivity index (χ1n) is 7.75. The Morgan fingerprint density at radius 2 is 2.14 bits per heavy atom. The van der Waals surface area contributed by atoms with E-state index >= 15 is 0 Å². The van der Waals surface area contributed by atoms with Crippen LogP contribution in [0.25, 0.3) is 16.7 Å². The number of nitriles is 1. The molecule has 0 N–H and O–H groups in total. The van der Waals surface area contributed by atoms with Crippen LogP contribution in [-0.4, -0.2) is 22.5 Å². The van der Waals surface area contributed by atoms with Crippen LogP contribution in [0.5, 0.6) is 0 Å². The van der Waals surface area contributed by atoms with Crippen molar-refractivity contribution in [3.63, 3.8) is 0 Å². The summed E-state index contributed by atoms with van der Waals surface area (Å²) in [7, 11) is 0. The van der Waals surface area contributed by atoms with E-state index in [2.05, 4.69) is 34.4 Å². The number of para-hydroxylation sites is 2. The summed E-state index contributed by atoms with van der Waals surface area (Å²) in [5.41, 5.74) is 4.46. The van der Waals surface area contributed by atoms with E-state index in [0.29, 0.717) is 11.5 Å². The van der Waals surface area contributed by atoms with Gasteiger partial charge in [-0.25, -0.2) is 4.98 Å². The summed E-state index contributed by atoms with van der Waals surface area (Å²) in [5.74, 6) is 1.87. The predicted octanol–water partition coefficient (Wildman–Crippen LogP) is 3.51. The largest absolute Gasteiger partial charge is 0.357 e. The lowest BCUT2D eigenvalue weighted by atomic mass is 10.1. The second kappa shape index (κ2) is 4.74. The molecule has 1 aliphatic heterocycles. The summed E-state index contributed by atoms with van der Waals surface area (Å²) in [4.78, 5) is 7.13. The Kier molecular flexibility index (Phi) is 2.83. The van der Waals surface area contributed by atoms with Crippen LogP contribution in [0.2, 0.25) is 0 Å². The molecule has 2 aromatic heterocycles. The molecule has 0 bridgehead atoms. The average Bonchev–Trinajstić information content (AvgIpc) is 3.10. The molecule has 110 valence electrons. The summed E-state index contributed by atoms with van der Waals surface area (Å²) in [5, 5.41) is 9.52. The second-order valence-electron chi connectivity index (χ2n) is 6.27. The summed E-state index contributed by atoms with van der Waals surface area (Å²) in [6.45, 7) is 6.42. The Morgan fingerprint density at radius 3 is 2.86 bits per heavy atom. The molecule has 1 atom stereocenters. The van der Waals surface area contributed by atoms with Gasteiger partial charge in [-0.1, -0.05) is 19.1 Å². The first-order chi connectivity index (χ1) is 10.7. The van der Waals surface area contributed by atoms with Crippen LogP contribution in [0.15, 0.2) is 30.3 Å². The monoisotopic (exact) mass is 290 g/mol. The second-order valence-corrected chi connectivity index (χ2v) is 6.27. The van der Waals surface area contributed by atoms with Gasteiger partial charge in [-0.05, 0) is 43.0 Å². The van der Waals surface area contributed by atoms with Gasteiger partial charge in [0.05, 0.1) is 16.6 Å². The molecule has 1 fully saturated rings. The third kappa shape index (κ3) is 1.79. The highest BCUT2D eigenvalue weighted by atomic mass is 15.2. The van der Waals surface area contributed by atoms with Gasteiger partial charge in [0.2, 0.25) is 0 Å². The number of anilines is 1. The Bertz CT molecular complexity index is 916. The molecular weight excluding hydrogens is 272 g/mol. The van der Waals surface area contributed by atoms with Crippen molar-refractivity contribution >= 4 is 22.5 Å². The molecule has 4 nitrogen and oxygen atoms in total. The van der Waals surface area contributed by atoms with E-state index in [4.69, 9.17) is 4.98 Å². The number of imidazole rings is 1. The molecule has 3 heterocycles. The third-order valence-electron chi connectivity index (χ3n) is 4.61. The molecule has 4 rings (SSSR count). The van der Waals surface area contributed by atoms with Gasteiger partial charge in [-0.15, -0.1) is 0 Å². The van der Waals surface area contributed by atoms with Crippen molar-refractivity contribution in [1.82, 2.24) is 9.38 Å². The van der Waals surface area contributed by atoms with Crippen molar-refractivity contribution in [1.29, 1.82) is 5.26 Å². The van der Waals surface area contributed by atoms with Gasteiger partial charge in [0, 0.05) is 13.1 Å². The summed E-state index contributed by atoms with van der Waals surface area (Å²) in [6, 6.07) is 12.6. The predicted molar refractivity (Wildman–Crippen MR) is 88.1 cm³/mol. The fourth-order valence-corrected chi connectivity index (χ4v) is 3.45. The minimum atomic E-state index is 0.673. The number of aryl methyl sites for hydroxylation is 1. The maximum Gasteiger partial charge on any atom is 0.157 e. The van der Waals surface area contributed by atoms with Gasteiger partial charge in [0.15, 0.2) is 5.65 Å². The quantitative estimate of drug-likeness (QED) is 0.689. The molecule has 0 amide bonds. The lowest BCUT2D eigenvalue weighted by Gasteiger charge is -2.21. The number of rotatable bonds is 1. The van der Waals surface area contributed by atoms with E-state index < -0.39 is 0 Å². The van der Waals surface area contributed by atoms with E-state index in [0.717, 1.165) is 41.2 Å². The zero-order chi connectivity index (χ0) is 15.3. The Labute approximate surface area is 129 Å². The lowest BCUT2D eigenvalue weighted by molar-refractivity contribution is 0.658. The normalized spacial score (nSPS) is 18.2. The van der Waals surface area contributed by atoms with Gasteiger partial charge in [-0.3, -0.25) is 4.40 Å². The molecule has 1 saturated heterocycles. The van der Waals surface area contributed by atoms with E-state index in [1.54, 1.807) is 0 Å². The molecular formula is C18H18N4. The number of hydrogen-bond acceptors (Lipinski definition) is 3. The van der Waals surface area contributed by atoms with Crippen LogP contribution in [0.4, 0.5) is 5.82 Å². The maximum absolute atomic E-state index is 9.52. The van der Waals surface area contributed by atoms with Crippen LogP contribution in [0.3, 0.4) is 0 Å². The zero-order valence-electron chi connectivity index (χ0n) is 12.9. The van der Waals surface area contributed by atoms with Crippen LogP contribution in [-0.2, 0) is 0 Å². The number of benzene rings is 1. The molecule has 0 saturated carbocycles. The van der Waals surface area contributed by atoms with Gasteiger partial charge in [-0.2, -0.15) is 5.26 Å².